The molecule has 0 unspecified atom stereocenters. The van der Waals surface area contributed by atoms with Gasteiger partial charge in [-0.1, -0.05) is 17.3 Å². The molecular formula is C20H16F2N4O. The number of hydrogen-bond donors (Lipinski definition) is 1. The molecule has 0 saturated carbocycles. The fourth-order valence-corrected chi connectivity index (χ4v) is 2.89. The van der Waals surface area contributed by atoms with Crippen molar-refractivity contribution in [1.29, 1.82) is 0 Å². The predicted molar refractivity (Wildman–Crippen MR) is 98.2 cm³/mol. The van der Waals surface area contributed by atoms with Crippen LogP contribution in [0.15, 0.2) is 47.0 Å². The average molecular weight is 366 g/mol. The highest BCUT2D eigenvalue weighted by atomic mass is 19.1. The number of rotatable bonds is 4. The molecular weight excluding hydrogens is 350 g/mol. The zero-order valence-corrected chi connectivity index (χ0v) is 14.8. The van der Waals surface area contributed by atoms with Crippen LogP contribution >= 0.6 is 0 Å². The first-order chi connectivity index (χ1) is 13.0. The highest BCUT2D eigenvalue weighted by Gasteiger charge is 2.15. The minimum absolute atomic E-state index is 0.197. The lowest BCUT2D eigenvalue weighted by Gasteiger charge is -2.11. The normalized spacial score (nSPS) is 11.1. The number of aryl methyl sites for hydroxylation is 2. The average Bonchev–Trinajstić information content (AvgIpc) is 3.04. The maximum atomic E-state index is 13.4. The number of nitrogens with one attached hydrogen (secondary N) is 1. The van der Waals surface area contributed by atoms with Crippen LogP contribution < -0.4 is 5.32 Å². The van der Waals surface area contributed by atoms with Crippen LogP contribution in [0.25, 0.3) is 22.3 Å². The van der Waals surface area contributed by atoms with Gasteiger partial charge in [0.15, 0.2) is 0 Å². The molecule has 0 aliphatic rings. The zero-order chi connectivity index (χ0) is 19.0. The van der Waals surface area contributed by atoms with Crippen molar-refractivity contribution in [1.82, 2.24) is 15.1 Å². The van der Waals surface area contributed by atoms with Crippen LogP contribution in [0.4, 0.5) is 14.6 Å². The second-order valence-electron chi connectivity index (χ2n) is 6.35. The third-order valence-corrected chi connectivity index (χ3v) is 4.12. The molecule has 136 valence electrons. The van der Waals surface area contributed by atoms with Gasteiger partial charge in [-0.05, 0) is 42.3 Å². The third kappa shape index (κ3) is 3.62. The van der Waals surface area contributed by atoms with Gasteiger partial charge in [0.2, 0.25) is 11.7 Å². The molecule has 0 saturated heterocycles. The van der Waals surface area contributed by atoms with E-state index >= 15 is 0 Å². The third-order valence-electron chi connectivity index (χ3n) is 4.12. The minimum Gasteiger partial charge on any atom is -0.365 e. The van der Waals surface area contributed by atoms with Gasteiger partial charge in [-0.3, -0.25) is 0 Å². The van der Waals surface area contributed by atoms with Gasteiger partial charge in [0.25, 0.3) is 0 Å². The smallest absolute Gasteiger partial charge is 0.223 e. The Balaban J connectivity index is 1.76. The SMILES string of the molecule is Cc1ccc2cc(-c3noc(C)n3)c(NCc3cc(F)cc(F)c3)nc2c1. The molecule has 0 aliphatic carbocycles. The summed E-state index contributed by atoms with van der Waals surface area (Å²) in [5.74, 6) is 0.104. The van der Waals surface area contributed by atoms with E-state index in [4.69, 9.17) is 4.52 Å². The first-order valence-electron chi connectivity index (χ1n) is 8.39. The summed E-state index contributed by atoms with van der Waals surface area (Å²) >= 11 is 0. The van der Waals surface area contributed by atoms with E-state index in [-0.39, 0.29) is 6.54 Å². The van der Waals surface area contributed by atoms with Crippen LogP contribution in [0.1, 0.15) is 17.0 Å². The largest absolute Gasteiger partial charge is 0.365 e. The van der Waals surface area contributed by atoms with Gasteiger partial charge in [0.05, 0.1) is 11.1 Å². The van der Waals surface area contributed by atoms with Crippen molar-refractivity contribution in [2.75, 3.05) is 5.32 Å². The Kier molecular flexibility index (Phi) is 4.27. The monoisotopic (exact) mass is 366 g/mol. The molecule has 2 heterocycles. The highest BCUT2D eigenvalue weighted by Crippen LogP contribution is 2.29. The summed E-state index contributed by atoms with van der Waals surface area (Å²) in [5, 5.41) is 8.04. The molecule has 0 atom stereocenters. The van der Waals surface area contributed by atoms with Gasteiger partial charge in [0.1, 0.15) is 17.5 Å². The van der Waals surface area contributed by atoms with Crippen molar-refractivity contribution in [3.8, 4) is 11.4 Å². The lowest BCUT2D eigenvalue weighted by atomic mass is 10.1. The molecule has 27 heavy (non-hydrogen) atoms. The quantitative estimate of drug-likeness (QED) is 0.562. The molecule has 0 aliphatic heterocycles. The maximum Gasteiger partial charge on any atom is 0.223 e. The van der Waals surface area contributed by atoms with Gasteiger partial charge < -0.3 is 9.84 Å². The molecule has 4 aromatic rings. The Bertz CT molecular complexity index is 1120. The molecule has 0 spiro atoms. The van der Waals surface area contributed by atoms with Crippen molar-refractivity contribution in [3.63, 3.8) is 0 Å². The van der Waals surface area contributed by atoms with Crippen LogP contribution in [-0.4, -0.2) is 15.1 Å². The molecule has 0 bridgehead atoms. The number of benzene rings is 2. The second-order valence-corrected chi connectivity index (χ2v) is 6.35. The first kappa shape index (κ1) is 17.1. The van der Waals surface area contributed by atoms with E-state index in [1.54, 1.807) is 6.92 Å². The number of aromatic nitrogens is 3. The molecule has 7 heteroatoms. The summed E-state index contributed by atoms with van der Waals surface area (Å²) in [6.45, 7) is 3.89. The van der Waals surface area contributed by atoms with Crippen LogP contribution in [0.5, 0.6) is 0 Å². The molecule has 0 fully saturated rings. The van der Waals surface area contributed by atoms with E-state index in [2.05, 4.69) is 20.4 Å². The number of halogens is 2. The van der Waals surface area contributed by atoms with Gasteiger partial charge in [0, 0.05) is 24.9 Å². The van der Waals surface area contributed by atoms with Crippen LogP contribution in [0.3, 0.4) is 0 Å². The lowest BCUT2D eigenvalue weighted by Crippen LogP contribution is -2.05. The van der Waals surface area contributed by atoms with Crippen molar-refractivity contribution < 1.29 is 13.3 Å². The fraction of sp³-hybridized carbons (Fsp3) is 0.150. The van der Waals surface area contributed by atoms with Crippen molar-refractivity contribution in [3.05, 3.63) is 71.1 Å². The molecule has 0 amide bonds. The van der Waals surface area contributed by atoms with Crippen molar-refractivity contribution in [2.24, 2.45) is 0 Å². The number of pyridine rings is 1. The molecule has 4 rings (SSSR count). The Morgan fingerprint density at radius 3 is 2.44 bits per heavy atom. The van der Waals surface area contributed by atoms with Crippen LogP contribution in [-0.2, 0) is 6.54 Å². The Morgan fingerprint density at radius 1 is 0.963 bits per heavy atom. The van der Waals surface area contributed by atoms with E-state index in [9.17, 15) is 8.78 Å². The molecule has 2 aromatic heterocycles. The van der Waals surface area contributed by atoms with E-state index < -0.39 is 11.6 Å². The summed E-state index contributed by atoms with van der Waals surface area (Å²) in [6, 6.07) is 11.2. The summed E-state index contributed by atoms with van der Waals surface area (Å²) in [4.78, 5) is 8.93. The van der Waals surface area contributed by atoms with Gasteiger partial charge in [-0.25, -0.2) is 13.8 Å². The number of fused-ring (bicyclic) bond motifs is 1. The zero-order valence-electron chi connectivity index (χ0n) is 14.8. The summed E-state index contributed by atoms with van der Waals surface area (Å²) in [6.07, 6.45) is 0. The van der Waals surface area contributed by atoms with E-state index in [1.165, 1.54) is 12.1 Å². The molecule has 0 radical (unpaired) electrons. The van der Waals surface area contributed by atoms with E-state index in [1.807, 2.05) is 31.2 Å². The van der Waals surface area contributed by atoms with Crippen LogP contribution in [0.2, 0.25) is 0 Å². The summed E-state index contributed by atoms with van der Waals surface area (Å²) in [5.41, 5.74) is 3.00. The number of nitrogens with zero attached hydrogens (tertiary/aromatic N) is 3. The lowest BCUT2D eigenvalue weighted by molar-refractivity contribution is 0.394. The van der Waals surface area contributed by atoms with Crippen molar-refractivity contribution in [2.45, 2.75) is 20.4 Å². The molecule has 2 aromatic carbocycles. The highest BCUT2D eigenvalue weighted by molar-refractivity contribution is 5.88. The maximum absolute atomic E-state index is 13.4. The Hall–Kier alpha value is -3.35. The summed E-state index contributed by atoms with van der Waals surface area (Å²) in [7, 11) is 0. The Morgan fingerprint density at radius 2 is 1.74 bits per heavy atom. The first-order valence-corrected chi connectivity index (χ1v) is 8.39. The number of anilines is 1. The fourth-order valence-electron chi connectivity index (χ4n) is 2.89. The second kappa shape index (κ2) is 6.75. The standard InChI is InChI=1S/C20H16F2N4O/c1-11-3-4-14-8-17(20-24-12(2)27-26-20)19(25-18(14)5-11)23-10-13-6-15(21)9-16(22)7-13/h3-9H,10H2,1-2H3,(H,23,25). The predicted octanol–water partition coefficient (Wildman–Crippen LogP) is 4.79. The number of hydrogen-bond acceptors (Lipinski definition) is 5. The topological polar surface area (TPSA) is 63.8 Å². The van der Waals surface area contributed by atoms with Crippen molar-refractivity contribution >= 4 is 16.7 Å². The van der Waals surface area contributed by atoms with Crippen LogP contribution in [0, 0.1) is 25.5 Å². The molecule has 5 nitrogen and oxygen atoms in total. The minimum atomic E-state index is -0.622. The van der Waals surface area contributed by atoms with E-state index in [0.717, 1.165) is 22.5 Å². The Labute approximate surface area is 154 Å². The summed E-state index contributed by atoms with van der Waals surface area (Å²) < 4.78 is 32.0. The van der Waals surface area contributed by atoms with Gasteiger partial charge >= 0.3 is 0 Å². The van der Waals surface area contributed by atoms with E-state index in [0.29, 0.717) is 28.7 Å². The van der Waals surface area contributed by atoms with Gasteiger partial charge in [-0.2, -0.15) is 4.98 Å². The van der Waals surface area contributed by atoms with Gasteiger partial charge in [-0.15, -0.1) is 0 Å². The molecule has 1 N–H and O–H groups in total.